The lowest BCUT2D eigenvalue weighted by Crippen LogP contribution is -1.85. The first-order valence-electron chi connectivity index (χ1n) is 2.24. The third kappa shape index (κ3) is 1.59. The molecular weight excluding hydrogens is 92.1 g/mol. The highest BCUT2D eigenvalue weighted by atomic mass is 16.7. The van der Waals surface area contributed by atoms with E-state index in [1.54, 1.807) is 6.26 Å². The average molecular weight is 99.1 g/mol. The standard InChI is InChI=1S/C5H7O2/c1-2-4-7-5-6-3-1/h1,3,5H,2,4H2. The molecule has 7 heavy (non-hydrogen) atoms. The van der Waals surface area contributed by atoms with Crippen molar-refractivity contribution in [3.63, 3.8) is 0 Å². The largest absolute Gasteiger partial charge is 0.466 e. The molecule has 1 aliphatic rings. The Kier molecular flexibility index (Phi) is 1.75. The first-order valence-corrected chi connectivity index (χ1v) is 2.24. The fourth-order valence-corrected chi connectivity index (χ4v) is 0.379. The van der Waals surface area contributed by atoms with Crippen LogP contribution in [0.15, 0.2) is 12.3 Å². The highest BCUT2D eigenvalue weighted by Gasteiger charge is 1.88. The fraction of sp³-hybridized carbons (Fsp3) is 0.400. The monoisotopic (exact) mass is 99.0 g/mol. The lowest BCUT2D eigenvalue weighted by molar-refractivity contribution is 0.0785. The molecule has 0 amide bonds. The van der Waals surface area contributed by atoms with E-state index < -0.39 is 0 Å². The normalized spacial score (nSPS) is 20.6. The van der Waals surface area contributed by atoms with Gasteiger partial charge in [-0.3, -0.25) is 0 Å². The zero-order valence-corrected chi connectivity index (χ0v) is 3.96. The first kappa shape index (κ1) is 4.65. The molecule has 0 N–H and O–H groups in total. The van der Waals surface area contributed by atoms with Gasteiger partial charge in [-0.1, -0.05) is 0 Å². The Balaban J connectivity index is 2.20. The second kappa shape index (κ2) is 2.64. The van der Waals surface area contributed by atoms with E-state index in [1.165, 1.54) is 6.79 Å². The highest BCUT2D eigenvalue weighted by molar-refractivity contribution is 4.75. The molecule has 0 aromatic carbocycles. The van der Waals surface area contributed by atoms with Crippen LogP contribution in [0.2, 0.25) is 0 Å². The Hall–Kier alpha value is -0.500. The molecule has 1 heterocycles. The predicted octanol–water partition coefficient (Wildman–Crippen LogP) is 1.06. The average Bonchev–Trinajstić information content (AvgIpc) is 1.90. The van der Waals surface area contributed by atoms with Crippen molar-refractivity contribution < 1.29 is 9.47 Å². The minimum atomic E-state index is 0.733. The fourth-order valence-electron chi connectivity index (χ4n) is 0.379. The maximum absolute atomic E-state index is 4.78. The molecule has 0 atom stereocenters. The van der Waals surface area contributed by atoms with Crippen LogP contribution in [0.25, 0.3) is 0 Å². The lowest BCUT2D eigenvalue weighted by Gasteiger charge is -1.92. The third-order valence-corrected chi connectivity index (χ3v) is 0.701. The van der Waals surface area contributed by atoms with Crippen LogP contribution in [0.1, 0.15) is 6.42 Å². The molecule has 0 unspecified atom stereocenters. The van der Waals surface area contributed by atoms with Crippen molar-refractivity contribution >= 4 is 0 Å². The summed E-state index contributed by atoms with van der Waals surface area (Å²) in [6.45, 7) is 2.07. The molecule has 0 saturated carbocycles. The van der Waals surface area contributed by atoms with Crippen molar-refractivity contribution in [3.8, 4) is 0 Å². The van der Waals surface area contributed by atoms with Crippen molar-refractivity contribution in [2.24, 2.45) is 0 Å². The topological polar surface area (TPSA) is 18.5 Å². The Labute approximate surface area is 42.7 Å². The summed E-state index contributed by atoms with van der Waals surface area (Å²) >= 11 is 0. The van der Waals surface area contributed by atoms with Gasteiger partial charge in [0.2, 0.25) is 0 Å². The summed E-state index contributed by atoms with van der Waals surface area (Å²) in [6.07, 6.45) is 4.48. The summed E-state index contributed by atoms with van der Waals surface area (Å²) in [5.74, 6) is 0. The zero-order chi connectivity index (χ0) is 4.95. The van der Waals surface area contributed by atoms with E-state index >= 15 is 0 Å². The Morgan fingerprint density at radius 3 is 3.43 bits per heavy atom. The van der Waals surface area contributed by atoms with Crippen LogP contribution in [0.5, 0.6) is 0 Å². The second-order valence-electron chi connectivity index (χ2n) is 1.26. The third-order valence-electron chi connectivity index (χ3n) is 0.701. The van der Waals surface area contributed by atoms with Gasteiger partial charge in [0.15, 0.2) is 0 Å². The minimum Gasteiger partial charge on any atom is -0.466 e. The molecule has 39 valence electrons. The number of ether oxygens (including phenoxy) is 2. The van der Waals surface area contributed by atoms with Crippen LogP contribution in [-0.2, 0) is 9.47 Å². The van der Waals surface area contributed by atoms with E-state index in [9.17, 15) is 0 Å². The summed E-state index contributed by atoms with van der Waals surface area (Å²) in [5.41, 5.74) is 0. The molecule has 0 spiro atoms. The number of hydrogen-bond donors (Lipinski definition) is 0. The predicted molar refractivity (Wildman–Crippen MR) is 25.1 cm³/mol. The summed E-state index contributed by atoms with van der Waals surface area (Å²) in [7, 11) is 0. The van der Waals surface area contributed by atoms with Gasteiger partial charge in [0.1, 0.15) is 0 Å². The Morgan fingerprint density at radius 2 is 2.43 bits per heavy atom. The number of hydrogen-bond acceptors (Lipinski definition) is 2. The van der Waals surface area contributed by atoms with Crippen molar-refractivity contribution in [2.45, 2.75) is 6.42 Å². The summed E-state index contributed by atoms with van der Waals surface area (Å²) in [5, 5.41) is 0. The van der Waals surface area contributed by atoms with Crippen molar-refractivity contribution in [1.82, 2.24) is 0 Å². The van der Waals surface area contributed by atoms with Crippen LogP contribution in [-0.4, -0.2) is 6.61 Å². The van der Waals surface area contributed by atoms with Crippen LogP contribution in [0.3, 0.4) is 0 Å². The molecule has 1 aliphatic heterocycles. The molecule has 0 aromatic heterocycles. The van der Waals surface area contributed by atoms with E-state index in [2.05, 4.69) is 4.74 Å². The van der Waals surface area contributed by atoms with E-state index in [0.29, 0.717) is 0 Å². The van der Waals surface area contributed by atoms with Crippen LogP contribution in [0.4, 0.5) is 0 Å². The smallest absolute Gasteiger partial charge is 0.262 e. The molecule has 0 aliphatic carbocycles. The SMILES string of the molecule is [CH]1OC=CCCO1. The molecule has 1 radical (unpaired) electrons. The molecular formula is C5H7O2. The van der Waals surface area contributed by atoms with Gasteiger partial charge in [-0.2, -0.15) is 0 Å². The van der Waals surface area contributed by atoms with E-state index in [1.807, 2.05) is 6.08 Å². The maximum atomic E-state index is 4.78. The Bertz CT molecular complexity index is 60.5. The molecule has 0 aromatic rings. The maximum Gasteiger partial charge on any atom is 0.262 e. The van der Waals surface area contributed by atoms with Gasteiger partial charge >= 0.3 is 0 Å². The van der Waals surface area contributed by atoms with Gasteiger partial charge in [-0.25, -0.2) is 0 Å². The molecule has 0 bridgehead atoms. The molecule has 1 rings (SSSR count). The quantitative estimate of drug-likeness (QED) is 0.452. The van der Waals surface area contributed by atoms with Crippen molar-refractivity contribution in [2.75, 3.05) is 6.61 Å². The van der Waals surface area contributed by atoms with Gasteiger partial charge in [0.25, 0.3) is 6.79 Å². The summed E-state index contributed by atoms with van der Waals surface area (Å²) < 4.78 is 9.45. The van der Waals surface area contributed by atoms with Crippen molar-refractivity contribution in [1.29, 1.82) is 0 Å². The first-order chi connectivity index (χ1) is 3.50. The second-order valence-corrected chi connectivity index (χ2v) is 1.26. The highest BCUT2D eigenvalue weighted by Crippen LogP contribution is 1.95. The summed E-state index contributed by atoms with van der Waals surface area (Å²) in [6, 6.07) is 0. The summed E-state index contributed by atoms with van der Waals surface area (Å²) in [4.78, 5) is 0. The van der Waals surface area contributed by atoms with Crippen LogP contribution in [0, 0.1) is 6.79 Å². The van der Waals surface area contributed by atoms with E-state index in [-0.39, 0.29) is 0 Å². The van der Waals surface area contributed by atoms with Crippen LogP contribution < -0.4 is 0 Å². The van der Waals surface area contributed by atoms with Crippen molar-refractivity contribution in [3.05, 3.63) is 19.1 Å². The molecule has 2 nitrogen and oxygen atoms in total. The van der Waals surface area contributed by atoms with Gasteiger partial charge < -0.3 is 9.47 Å². The van der Waals surface area contributed by atoms with E-state index in [0.717, 1.165) is 13.0 Å². The molecule has 0 fully saturated rings. The zero-order valence-electron chi connectivity index (χ0n) is 3.96. The molecule has 2 heteroatoms. The van der Waals surface area contributed by atoms with Gasteiger partial charge in [-0.15, -0.1) is 0 Å². The lowest BCUT2D eigenvalue weighted by atomic mass is 10.5. The molecule has 0 saturated heterocycles. The van der Waals surface area contributed by atoms with E-state index in [4.69, 9.17) is 4.74 Å². The Morgan fingerprint density at radius 1 is 1.43 bits per heavy atom. The van der Waals surface area contributed by atoms with Gasteiger partial charge in [0, 0.05) is 0 Å². The number of rotatable bonds is 0. The van der Waals surface area contributed by atoms with Gasteiger partial charge in [-0.05, 0) is 12.5 Å². The minimum absolute atomic E-state index is 0.733. The van der Waals surface area contributed by atoms with Crippen LogP contribution >= 0.6 is 0 Å². The van der Waals surface area contributed by atoms with Gasteiger partial charge in [0.05, 0.1) is 12.9 Å².